The highest BCUT2D eigenvalue weighted by molar-refractivity contribution is 6.31. The minimum Gasteiger partial charge on any atom is -0.484 e. The maximum absolute atomic E-state index is 12.0. The largest absolute Gasteiger partial charge is 0.484 e. The van der Waals surface area contributed by atoms with Crippen molar-refractivity contribution in [1.82, 2.24) is 14.9 Å². The van der Waals surface area contributed by atoms with Crippen molar-refractivity contribution in [3.63, 3.8) is 0 Å². The molecule has 3 rings (SSSR count). The van der Waals surface area contributed by atoms with Crippen molar-refractivity contribution in [2.24, 2.45) is 7.05 Å². The average Bonchev–Trinajstić information content (AvgIpc) is 2.94. The van der Waals surface area contributed by atoms with Gasteiger partial charge in [-0.2, -0.15) is 0 Å². The molecule has 7 nitrogen and oxygen atoms in total. The van der Waals surface area contributed by atoms with Crippen LogP contribution in [0.25, 0.3) is 11.0 Å². The fourth-order valence-corrected chi connectivity index (χ4v) is 2.52. The smallest absolute Gasteiger partial charge is 0.258 e. The molecule has 0 aliphatic rings. The van der Waals surface area contributed by atoms with E-state index in [0.29, 0.717) is 22.2 Å². The molecule has 26 heavy (non-hydrogen) atoms. The minimum atomic E-state index is -0.388. The van der Waals surface area contributed by atoms with E-state index in [1.54, 1.807) is 35.9 Å². The number of aromatic nitrogens is 2. The summed E-state index contributed by atoms with van der Waals surface area (Å²) in [5, 5.41) is 5.73. The lowest BCUT2D eigenvalue weighted by Crippen LogP contribution is -2.36. The van der Waals surface area contributed by atoms with Gasteiger partial charge >= 0.3 is 0 Å². The highest BCUT2D eigenvalue weighted by atomic mass is 35.5. The Morgan fingerprint density at radius 1 is 1.15 bits per heavy atom. The van der Waals surface area contributed by atoms with Crippen LogP contribution in [0, 0.1) is 0 Å². The molecule has 0 unspecified atom stereocenters. The van der Waals surface area contributed by atoms with Crippen LogP contribution < -0.4 is 15.4 Å². The third kappa shape index (κ3) is 4.31. The SMILES string of the molecule is Cn1c(NC(=O)CNC(=O)COc2ccccc2)nc2cc(Cl)ccc21. The second-order valence-electron chi connectivity index (χ2n) is 5.55. The average molecular weight is 373 g/mol. The molecule has 8 heteroatoms. The number of amides is 2. The zero-order valence-electron chi connectivity index (χ0n) is 14.0. The van der Waals surface area contributed by atoms with Gasteiger partial charge in [0.2, 0.25) is 11.9 Å². The molecule has 0 saturated heterocycles. The van der Waals surface area contributed by atoms with Crippen LogP contribution >= 0.6 is 11.6 Å². The van der Waals surface area contributed by atoms with Gasteiger partial charge in [-0.05, 0) is 30.3 Å². The molecule has 2 aromatic carbocycles. The summed E-state index contributed by atoms with van der Waals surface area (Å²) in [5.74, 6) is 0.191. The van der Waals surface area contributed by atoms with Gasteiger partial charge in [0.25, 0.3) is 5.91 Å². The zero-order chi connectivity index (χ0) is 18.5. The molecule has 0 fully saturated rings. The quantitative estimate of drug-likeness (QED) is 0.695. The number of anilines is 1. The summed E-state index contributed by atoms with van der Waals surface area (Å²) >= 11 is 5.95. The second kappa shape index (κ2) is 7.88. The Morgan fingerprint density at radius 3 is 2.69 bits per heavy atom. The number of carbonyl (C=O) groups excluding carboxylic acids is 2. The first-order valence-corrected chi connectivity index (χ1v) is 8.27. The van der Waals surface area contributed by atoms with Gasteiger partial charge in [-0.15, -0.1) is 0 Å². The fourth-order valence-electron chi connectivity index (χ4n) is 2.35. The Kier molecular flexibility index (Phi) is 5.38. The standard InChI is InChI=1S/C18H17ClN4O3/c1-23-15-8-7-12(19)9-14(15)21-18(23)22-16(24)10-20-17(25)11-26-13-5-3-2-4-6-13/h2-9H,10-11H2,1H3,(H,20,25)(H,21,22,24). The summed E-state index contributed by atoms with van der Waals surface area (Å²) in [6, 6.07) is 14.3. The Morgan fingerprint density at radius 2 is 1.92 bits per heavy atom. The summed E-state index contributed by atoms with van der Waals surface area (Å²) in [5.41, 5.74) is 1.51. The summed E-state index contributed by atoms with van der Waals surface area (Å²) in [7, 11) is 1.78. The Labute approximate surface area is 154 Å². The molecule has 1 aromatic heterocycles. The third-order valence-electron chi connectivity index (χ3n) is 3.65. The predicted molar refractivity (Wildman–Crippen MR) is 99.3 cm³/mol. The Bertz CT molecular complexity index is 940. The number of fused-ring (bicyclic) bond motifs is 1. The van der Waals surface area contributed by atoms with E-state index in [9.17, 15) is 9.59 Å². The number of carbonyl (C=O) groups is 2. The van der Waals surface area contributed by atoms with Gasteiger partial charge in [0.05, 0.1) is 17.6 Å². The molecule has 0 spiro atoms. The number of rotatable bonds is 6. The van der Waals surface area contributed by atoms with Gasteiger partial charge in [-0.25, -0.2) is 4.98 Å². The normalized spacial score (nSPS) is 10.5. The molecule has 0 radical (unpaired) electrons. The van der Waals surface area contributed by atoms with E-state index >= 15 is 0 Å². The number of nitrogens with zero attached hydrogens (tertiary/aromatic N) is 2. The minimum absolute atomic E-state index is 0.165. The van der Waals surface area contributed by atoms with E-state index in [0.717, 1.165) is 5.52 Å². The van der Waals surface area contributed by atoms with Crippen LogP contribution in [-0.2, 0) is 16.6 Å². The number of halogens is 1. The van der Waals surface area contributed by atoms with E-state index in [2.05, 4.69) is 15.6 Å². The maximum atomic E-state index is 12.0. The lowest BCUT2D eigenvalue weighted by atomic mass is 10.3. The van der Waals surface area contributed by atoms with Crippen molar-refractivity contribution in [3.05, 3.63) is 53.6 Å². The van der Waals surface area contributed by atoms with E-state index in [1.807, 2.05) is 24.3 Å². The summed E-state index contributed by atoms with van der Waals surface area (Å²) in [6.07, 6.45) is 0. The van der Waals surface area contributed by atoms with Crippen molar-refractivity contribution in [1.29, 1.82) is 0 Å². The summed E-state index contributed by atoms with van der Waals surface area (Å²) in [4.78, 5) is 28.1. The fraction of sp³-hybridized carbons (Fsp3) is 0.167. The zero-order valence-corrected chi connectivity index (χ0v) is 14.8. The predicted octanol–water partition coefficient (Wildman–Crippen LogP) is 2.36. The van der Waals surface area contributed by atoms with E-state index in [-0.39, 0.29) is 25.0 Å². The number of imidazole rings is 1. The van der Waals surface area contributed by atoms with E-state index < -0.39 is 0 Å². The third-order valence-corrected chi connectivity index (χ3v) is 3.89. The number of nitrogens with one attached hydrogen (secondary N) is 2. The molecule has 134 valence electrons. The van der Waals surface area contributed by atoms with Crippen LogP contribution in [0.4, 0.5) is 5.95 Å². The Balaban J connectivity index is 1.51. The molecule has 0 atom stereocenters. The lowest BCUT2D eigenvalue weighted by Gasteiger charge is -2.08. The monoisotopic (exact) mass is 372 g/mol. The Hall–Kier alpha value is -3.06. The molecule has 2 amide bonds. The topological polar surface area (TPSA) is 85.2 Å². The number of aryl methyl sites for hydroxylation is 1. The second-order valence-corrected chi connectivity index (χ2v) is 5.99. The number of hydrogen-bond donors (Lipinski definition) is 2. The molecule has 0 aliphatic heterocycles. The lowest BCUT2D eigenvalue weighted by molar-refractivity contribution is -0.125. The molecule has 0 saturated carbocycles. The van der Waals surface area contributed by atoms with Gasteiger partial charge in [0, 0.05) is 12.1 Å². The maximum Gasteiger partial charge on any atom is 0.258 e. The first-order chi connectivity index (χ1) is 12.5. The molecule has 0 bridgehead atoms. The van der Waals surface area contributed by atoms with Crippen LogP contribution in [0.15, 0.2) is 48.5 Å². The van der Waals surface area contributed by atoms with Crippen molar-refractivity contribution in [2.45, 2.75) is 0 Å². The first kappa shape index (κ1) is 17.8. The summed E-state index contributed by atoms with van der Waals surface area (Å²) < 4.78 is 7.06. The van der Waals surface area contributed by atoms with Crippen molar-refractivity contribution in [2.75, 3.05) is 18.5 Å². The van der Waals surface area contributed by atoms with Gasteiger partial charge in [0.15, 0.2) is 6.61 Å². The molecule has 0 aliphatic carbocycles. The molecular formula is C18H17ClN4O3. The van der Waals surface area contributed by atoms with Crippen LogP contribution in [0.1, 0.15) is 0 Å². The van der Waals surface area contributed by atoms with Crippen LogP contribution in [0.5, 0.6) is 5.75 Å². The first-order valence-electron chi connectivity index (χ1n) is 7.89. The van der Waals surface area contributed by atoms with Crippen LogP contribution in [-0.4, -0.2) is 34.5 Å². The molecule has 3 aromatic rings. The van der Waals surface area contributed by atoms with Gasteiger partial charge in [-0.3, -0.25) is 14.9 Å². The molecule has 1 heterocycles. The molecular weight excluding hydrogens is 356 g/mol. The highest BCUT2D eigenvalue weighted by Crippen LogP contribution is 2.21. The van der Waals surface area contributed by atoms with Gasteiger partial charge in [-0.1, -0.05) is 29.8 Å². The molecule has 2 N–H and O–H groups in total. The van der Waals surface area contributed by atoms with E-state index in [4.69, 9.17) is 16.3 Å². The van der Waals surface area contributed by atoms with Gasteiger partial charge in [0.1, 0.15) is 5.75 Å². The van der Waals surface area contributed by atoms with Crippen molar-refractivity contribution in [3.8, 4) is 5.75 Å². The van der Waals surface area contributed by atoms with Crippen LogP contribution in [0.3, 0.4) is 0 Å². The van der Waals surface area contributed by atoms with Crippen LogP contribution in [0.2, 0.25) is 5.02 Å². The number of para-hydroxylation sites is 1. The summed E-state index contributed by atoms with van der Waals surface area (Å²) in [6.45, 7) is -0.344. The number of hydrogen-bond acceptors (Lipinski definition) is 4. The number of benzene rings is 2. The number of ether oxygens (including phenoxy) is 1. The van der Waals surface area contributed by atoms with E-state index in [1.165, 1.54) is 0 Å². The van der Waals surface area contributed by atoms with Crippen molar-refractivity contribution < 1.29 is 14.3 Å². The van der Waals surface area contributed by atoms with Crippen molar-refractivity contribution >= 4 is 40.4 Å². The van der Waals surface area contributed by atoms with Gasteiger partial charge < -0.3 is 14.6 Å². The highest BCUT2D eigenvalue weighted by Gasteiger charge is 2.12.